The Bertz CT molecular complexity index is 1000. The monoisotopic (exact) mass is 396 g/mol. The van der Waals surface area contributed by atoms with E-state index in [0.29, 0.717) is 0 Å². The lowest BCUT2D eigenvalue weighted by Crippen LogP contribution is -2.35. The average Bonchev–Trinajstić information content (AvgIpc) is 2.91. The number of rotatable bonds is 5. The molecule has 0 radical (unpaired) electrons. The Labute approximate surface area is 166 Å². The number of carbonyl (C=O) groups is 4. The Balaban J connectivity index is 1.96. The number of benzene rings is 2. The van der Waals surface area contributed by atoms with Gasteiger partial charge in [-0.3, -0.25) is 9.59 Å². The van der Waals surface area contributed by atoms with Crippen LogP contribution in [0.2, 0.25) is 0 Å². The molecular weight excluding hydrogens is 376 g/mol. The lowest BCUT2D eigenvalue weighted by Gasteiger charge is -2.19. The van der Waals surface area contributed by atoms with Crippen molar-refractivity contribution in [2.75, 3.05) is 10.2 Å². The van der Waals surface area contributed by atoms with Crippen molar-refractivity contribution >= 4 is 35.1 Å². The fraction of sp³-hybridized carbons (Fsp3) is 0.238. The SMILES string of the molecule is Cc1cc(C)c(NC2CC(=O)N(c3cc(C(=O)O)cc(C(=O)O)c3)C2=O)c(C)c1. The minimum Gasteiger partial charge on any atom is -0.478 e. The average molecular weight is 396 g/mol. The maximum Gasteiger partial charge on any atom is 0.335 e. The predicted molar refractivity (Wildman–Crippen MR) is 106 cm³/mol. The van der Waals surface area contributed by atoms with Crippen molar-refractivity contribution in [2.45, 2.75) is 33.2 Å². The van der Waals surface area contributed by atoms with Crippen LogP contribution in [0.25, 0.3) is 0 Å². The Kier molecular flexibility index (Phi) is 5.11. The van der Waals surface area contributed by atoms with Crippen molar-refractivity contribution < 1.29 is 29.4 Å². The molecule has 2 amide bonds. The number of aromatic carboxylic acids is 2. The molecule has 29 heavy (non-hydrogen) atoms. The van der Waals surface area contributed by atoms with Crippen LogP contribution < -0.4 is 10.2 Å². The van der Waals surface area contributed by atoms with Gasteiger partial charge in [-0.2, -0.15) is 0 Å². The maximum atomic E-state index is 12.9. The van der Waals surface area contributed by atoms with Crippen molar-refractivity contribution in [2.24, 2.45) is 0 Å². The van der Waals surface area contributed by atoms with Gasteiger partial charge in [0.2, 0.25) is 5.91 Å². The summed E-state index contributed by atoms with van der Waals surface area (Å²) in [6.45, 7) is 5.76. The van der Waals surface area contributed by atoms with Crippen LogP contribution in [-0.4, -0.2) is 40.0 Å². The summed E-state index contributed by atoms with van der Waals surface area (Å²) in [5.41, 5.74) is 2.99. The molecule has 0 aromatic heterocycles. The summed E-state index contributed by atoms with van der Waals surface area (Å²) in [6, 6.07) is 6.32. The number of hydrogen-bond acceptors (Lipinski definition) is 5. The number of imide groups is 1. The number of carboxylic acids is 2. The highest BCUT2D eigenvalue weighted by molar-refractivity contribution is 6.23. The van der Waals surface area contributed by atoms with Gasteiger partial charge in [0.05, 0.1) is 23.2 Å². The molecule has 8 nitrogen and oxygen atoms in total. The summed E-state index contributed by atoms with van der Waals surface area (Å²) in [5, 5.41) is 21.6. The zero-order valence-corrected chi connectivity index (χ0v) is 16.1. The Morgan fingerprint density at radius 3 is 1.93 bits per heavy atom. The fourth-order valence-electron chi connectivity index (χ4n) is 3.59. The molecule has 150 valence electrons. The second-order valence-corrected chi connectivity index (χ2v) is 7.12. The van der Waals surface area contributed by atoms with Gasteiger partial charge in [-0.05, 0) is 50.1 Å². The highest BCUT2D eigenvalue weighted by Gasteiger charge is 2.40. The summed E-state index contributed by atoms with van der Waals surface area (Å²) >= 11 is 0. The predicted octanol–water partition coefficient (Wildman–Crippen LogP) is 2.75. The summed E-state index contributed by atoms with van der Waals surface area (Å²) in [7, 11) is 0. The third-order valence-corrected chi connectivity index (χ3v) is 4.81. The van der Waals surface area contributed by atoms with Gasteiger partial charge in [-0.1, -0.05) is 17.7 Å². The van der Waals surface area contributed by atoms with E-state index in [4.69, 9.17) is 0 Å². The van der Waals surface area contributed by atoms with Gasteiger partial charge in [0, 0.05) is 5.69 Å². The van der Waals surface area contributed by atoms with E-state index in [2.05, 4.69) is 5.32 Å². The highest BCUT2D eigenvalue weighted by Crippen LogP contribution is 2.29. The molecule has 8 heteroatoms. The van der Waals surface area contributed by atoms with Crippen molar-refractivity contribution in [3.05, 3.63) is 58.1 Å². The quantitative estimate of drug-likeness (QED) is 0.664. The van der Waals surface area contributed by atoms with Crippen molar-refractivity contribution in [1.82, 2.24) is 0 Å². The van der Waals surface area contributed by atoms with Gasteiger partial charge in [0.15, 0.2) is 0 Å². The second-order valence-electron chi connectivity index (χ2n) is 7.12. The minimum absolute atomic E-state index is 0.0704. The minimum atomic E-state index is -1.35. The van der Waals surface area contributed by atoms with Gasteiger partial charge in [-0.15, -0.1) is 0 Å². The first-order valence-electron chi connectivity index (χ1n) is 8.91. The molecule has 2 aromatic carbocycles. The smallest absolute Gasteiger partial charge is 0.335 e. The molecule has 1 atom stereocenters. The molecule has 0 aliphatic carbocycles. The van der Waals surface area contributed by atoms with Crippen LogP contribution in [0.4, 0.5) is 11.4 Å². The van der Waals surface area contributed by atoms with Gasteiger partial charge in [0.25, 0.3) is 5.91 Å². The molecule has 0 saturated carbocycles. The number of amides is 2. The molecule has 0 bridgehead atoms. The van der Waals surface area contributed by atoms with Crippen LogP contribution in [0.5, 0.6) is 0 Å². The molecule has 2 aromatic rings. The first-order valence-corrected chi connectivity index (χ1v) is 8.91. The lowest BCUT2D eigenvalue weighted by molar-refractivity contribution is -0.121. The van der Waals surface area contributed by atoms with Crippen LogP contribution in [0.3, 0.4) is 0 Å². The van der Waals surface area contributed by atoms with Gasteiger partial charge < -0.3 is 15.5 Å². The first kappa shape index (κ1) is 20.1. The zero-order chi connectivity index (χ0) is 21.5. The number of aryl methyl sites for hydroxylation is 3. The fourth-order valence-corrected chi connectivity index (χ4v) is 3.59. The number of nitrogens with one attached hydrogen (secondary N) is 1. The van der Waals surface area contributed by atoms with E-state index < -0.39 is 29.8 Å². The summed E-state index contributed by atoms with van der Waals surface area (Å²) in [4.78, 5) is 48.9. The third kappa shape index (κ3) is 3.82. The number of carbonyl (C=O) groups excluding carboxylic acids is 2. The molecule has 1 heterocycles. The van der Waals surface area contributed by atoms with Crippen molar-refractivity contribution in [1.29, 1.82) is 0 Å². The maximum absolute atomic E-state index is 12.9. The molecule has 1 aliphatic heterocycles. The van der Waals surface area contributed by atoms with Gasteiger partial charge in [0.1, 0.15) is 6.04 Å². The number of nitrogens with zero attached hydrogens (tertiary/aromatic N) is 1. The van der Waals surface area contributed by atoms with E-state index >= 15 is 0 Å². The first-order chi connectivity index (χ1) is 13.6. The molecule has 1 unspecified atom stereocenters. The standard InChI is InChI=1S/C21H20N2O6/c1-10-4-11(2)18(12(3)5-10)22-16-9-17(24)23(19(16)25)15-7-13(20(26)27)6-14(8-15)21(28)29/h4-8,16,22H,9H2,1-3H3,(H,26,27)(H,28,29). The zero-order valence-electron chi connectivity index (χ0n) is 16.1. The second kappa shape index (κ2) is 7.38. The van der Waals surface area contributed by atoms with Crippen molar-refractivity contribution in [3.8, 4) is 0 Å². The Morgan fingerprint density at radius 1 is 0.931 bits per heavy atom. The topological polar surface area (TPSA) is 124 Å². The van der Waals surface area contributed by atoms with E-state index in [0.717, 1.165) is 45.5 Å². The lowest BCUT2D eigenvalue weighted by atomic mass is 10.0. The molecule has 1 saturated heterocycles. The molecular formula is C21H20N2O6. The van der Waals surface area contributed by atoms with Crippen LogP contribution in [0.15, 0.2) is 30.3 Å². The van der Waals surface area contributed by atoms with Crippen LogP contribution in [0.1, 0.15) is 43.8 Å². The summed E-state index contributed by atoms with van der Waals surface area (Å²) in [6.07, 6.45) is -0.120. The Hall–Kier alpha value is -3.68. The largest absolute Gasteiger partial charge is 0.478 e. The molecule has 3 N–H and O–H groups in total. The van der Waals surface area contributed by atoms with Crippen LogP contribution in [-0.2, 0) is 9.59 Å². The number of anilines is 2. The highest BCUT2D eigenvalue weighted by atomic mass is 16.4. The molecule has 1 fully saturated rings. The van der Waals surface area contributed by atoms with Crippen LogP contribution in [0, 0.1) is 20.8 Å². The molecule has 0 spiro atoms. The van der Waals surface area contributed by atoms with Crippen LogP contribution >= 0.6 is 0 Å². The van der Waals surface area contributed by atoms with E-state index in [1.54, 1.807) is 0 Å². The van der Waals surface area contributed by atoms with E-state index in [9.17, 15) is 29.4 Å². The van der Waals surface area contributed by atoms with E-state index in [1.807, 2.05) is 32.9 Å². The summed E-state index contributed by atoms with van der Waals surface area (Å²) < 4.78 is 0. The number of hydrogen-bond donors (Lipinski definition) is 3. The Morgan fingerprint density at radius 2 is 1.45 bits per heavy atom. The normalized spacial score (nSPS) is 16.2. The third-order valence-electron chi connectivity index (χ3n) is 4.81. The molecule has 1 aliphatic rings. The van der Waals surface area contributed by atoms with Crippen molar-refractivity contribution in [3.63, 3.8) is 0 Å². The number of carboxylic acid groups (broad SMARTS) is 2. The van der Waals surface area contributed by atoms with E-state index in [1.165, 1.54) is 0 Å². The summed E-state index contributed by atoms with van der Waals surface area (Å²) in [5.74, 6) is -3.80. The molecule has 3 rings (SSSR count). The van der Waals surface area contributed by atoms with Gasteiger partial charge in [-0.25, -0.2) is 14.5 Å². The van der Waals surface area contributed by atoms with E-state index in [-0.39, 0.29) is 23.2 Å². The van der Waals surface area contributed by atoms with Gasteiger partial charge >= 0.3 is 11.9 Å².